The molecule has 1 heterocycles. The Hall–Kier alpha value is -1.88. The van der Waals surface area contributed by atoms with Crippen molar-refractivity contribution in [2.45, 2.75) is 13.8 Å². The van der Waals surface area contributed by atoms with Gasteiger partial charge in [-0.1, -0.05) is 26.0 Å². The molecule has 0 bridgehead atoms. The largest absolute Gasteiger partial charge is 0.384 e. The number of para-hydroxylation sites is 1. The third-order valence-corrected chi connectivity index (χ3v) is 3.52. The van der Waals surface area contributed by atoms with Gasteiger partial charge in [-0.15, -0.1) is 0 Å². The van der Waals surface area contributed by atoms with Crippen molar-refractivity contribution in [3.05, 3.63) is 52.8 Å². The highest BCUT2D eigenvalue weighted by molar-refractivity contribution is 9.10. The van der Waals surface area contributed by atoms with Gasteiger partial charge in [0.05, 0.1) is 17.6 Å². The summed E-state index contributed by atoms with van der Waals surface area (Å²) in [4.78, 5) is 16.3. The van der Waals surface area contributed by atoms with E-state index in [0.29, 0.717) is 11.6 Å². The quantitative estimate of drug-likeness (QED) is 0.853. The fraction of sp³-hybridized carbons (Fsp3) is 0.250. The molecule has 0 radical (unpaired) electrons. The zero-order valence-corrected chi connectivity index (χ0v) is 13.6. The van der Waals surface area contributed by atoms with Gasteiger partial charge in [-0.05, 0) is 46.1 Å². The van der Waals surface area contributed by atoms with Crippen LogP contribution in [0.25, 0.3) is 0 Å². The van der Waals surface area contributed by atoms with Crippen molar-refractivity contribution in [3.63, 3.8) is 0 Å². The van der Waals surface area contributed by atoms with Crippen molar-refractivity contribution in [1.82, 2.24) is 4.98 Å². The summed E-state index contributed by atoms with van der Waals surface area (Å²) in [6.07, 6.45) is 1.68. The molecule has 1 amide bonds. The van der Waals surface area contributed by atoms with Crippen molar-refractivity contribution in [2.24, 2.45) is 5.92 Å². The van der Waals surface area contributed by atoms with E-state index in [4.69, 9.17) is 0 Å². The number of hydrogen-bond donors (Lipinski definition) is 2. The fourth-order valence-corrected chi connectivity index (χ4v) is 2.09. The van der Waals surface area contributed by atoms with Gasteiger partial charge in [0.25, 0.3) is 5.91 Å². The average molecular weight is 348 g/mol. The van der Waals surface area contributed by atoms with Crippen molar-refractivity contribution in [3.8, 4) is 0 Å². The average Bonchev–Trinajstić information content (AvgIpc) is 2.48. The number of halogens is 1. The summed E-state index contributed by atoms with van der Waals surface area (Å²) in [6.45, 7) is 5.16. The van der Waals surface area contributed by atoms with E-state index in [2.05, 4.69) is 45.4 Å². The lowest BCUT2D eigenvalue weighted by Crippen LogP contribution is -2.14. The number of hydrogen-bond acceptors (Lipinski definition) is 3. The smallest absolute Gasteiger partial charge is 0.274 e. The van der Waals surface area contributed by atoms with Crippen LogP contribution >= 0.6 is 15.9 Å². The van der Waals surface area contributed by atoms with Gasteiger partial charge in [0.15, 0.2) is 0 Å². The van der Waals surface area contributed by atoms with Crippen molar-refractivity contribution < 1.29 is 4.79 Å². The van der Waals surface area contributed by atoms with Crippen LogP contribution in [0.1, 0.15) is 24.3 Å². The van der Waals surface area contributed by atoms with E-state index in [1.807, 2.05) is 30.3 Å². The van der Waals surface area contributed by atoms with Crippen LogP contribution in [0.15, 0.2) is 47.1 Å². The molecule has 0 aliphatic rings. The van der Waals surface area contributed by atoms with E-state index in [0.717, 1.165) is 22.4 Å². The number of nitrogens with one attached hydrogen (secondary N) is 2. The number of rotatable bonds is 5. The van der Waals surface area contributed by atoms with Gasteiger partial charge in [-0.2, -0.15) is 0 Å². The molecule has 0 aliphatic carbocycles. The minimum atomic E-state index is -0.225. The molecule has 0 saturated heterocycles. The van der Waals surface area contributed by atoms with Crippen LogP contribution in [0, 0.1) is 5.92 Å². The first-order valence-corrected chi connectivity index (χ1v) is 7.61. The molecule has 0 fully saturated rings. The van der Waals surface area contributed by atoms with Crippen LogP contribution in [-0.2, 0) is 0 Å². The molecule has 2 rings (SSSR count). The standard InChI is InChI=1S/C16H18BrN3O/c1-11(2)9-18-12-7-8-15(19-10-12)16(21)20-14-6-4-3-5-13(14)17/h3-8,10-11,18H,9H2,1-2H3,(H,20,21). The SMILES string of the molecule is CC(C)CNc1ccc(C(=O)Nc2ccccc2Br)nc1. The molecule has 0 spiro atoms. The Balaban J connectivity index is 2.01. The normalized spacial score (nSPS) is 10.5. The van der Waals surface area contributed by atoms with E-state index >= 15 is 0 Å². The molecule has 1 aromatic carbocycles. The highest BCUT2D eigenvalue weighted by atomic mass is 79.9. The summed E-state index contributed by atoms with van der Waals surface area (Å²) in [7, 11) is 0. The van der Waals surface area contributed by atoms with Gasteiger partial charge < -0.3 is 10.6 Å². The van der Waals surface area contributed by atoms with Crippen LogP contribution in [0.4, 0.5) is 11.4 Å². The molecule has 0 saturated carbocycles. The highest BCUT2D eigenvalue weighted by Gasteiger charge is 2.09. The summed E-state index contributed by atoms with van der Waals surface area (Å²) in [6, 6.07) is 11.1. The summed E-state index contributed by atoms with van der Waals surface area (Å²) in [5, 5.41) is 6.09. The number of benzene rings is 1. The summed E-state index contributed by atoms with van der Waals surface area (Å²) < 4.78 is 0.841. The molecular formula is C16H18BrN3O. The predicted octanol–water partition coefficient (Wildman–Crippen LogP) is 4.16. The van der Waals surface area contributed by atoms with Crippen LogP contribution in [0.2, 0.25) is 0 Å². The second kappa shape index (κ2) is 7.22. The maximum atomic E-state index is 12.1. The molecule has 0 unspecified atom stereocenters. The lowest BCUT2D eigenvalue weighted by Gasteiger charge is -2.09. The summed E-state index contributed by atoms with van der Waals surface area (Å²) in [5.41, 5.74) is 2.04. The van der Waals surface area contributed by atoms with E-state index in [9.17, 15) is 4.79 Å². The monoisotopic (exact) mass is 347 g/mol. The Bertz CT molecular complexity index is 611. The maximum Gasteiger partial charge on any atom is 0.274 e. The molecular weight excluding hydrogens is 330 g/mol. The molecule has 0 atom stereocenters. The van der Waals surface area contributed by atoms with Crippen molar-refractivity contribution >= 4 is 33.2 Å². The zero-order chi connectivity index (χ0) is 15.2. The fourth-order valence-electron chi connectivity index (χ4n) is 1.70. The molecule has 110 valence electrons. The number of aromatic nitrogens is 1. The third-order valence-electron chi connectivity index (χ3n) is 2.83. The van der Waals surface area contributed by atoms with Gasteiger partial charge in [0, 0.05) is 11.0 Å². The van der Waals surface area contributed by atoms with E-state index in [1.54, 1.807) is 12.3 Å². The van der Waals surface area contributed by atoms with Crippen molar-refractivity contribution in [1.29, 1.82) is 0 Å². The number of carbonyl (C=O) groups is 1. The van der Waals surface area contributed by atoms with E-state index < -0.39 is 0 Å². The lowest BCUT2D eigenvalue weighted by atomic mass is 10.2. The van der Waals surface area contributed by atoms with Crippen LogP contribution in [-0.4, -0.2) is 17.4 Å². The second-order valence-electron chi connectivity index (χ2n) is 5.14. The van der Waals surface area contributed by atoms with E-state index in [-0.39, 0.29) is 5.91 Å². The minimum absolute atomic E-state index is 0.225. The van der Waals surface area contributed by atoms with Crippen molar-refractivity contribution in [2.75, 3.05) is 17.2 Å². The van der Waals surface area contributed by atoms with Crippen LogP contribution in [0.3, 0.4) is 0 Å². The van der Waals surface area contributed by atoms with E-state index in [1.165, 1.54) is 0 Å². The molecule has 2 aromatic rings. The van der Waals surface area contributed by atoms with Crippen LogP contribution in [0.5, 0.6) is 0 Å². The maximum absolute atomic E-state index is 12.1. The molecule has 0 aliphatic heterocycles. The number of pyridine rings is 1. The van der Waals surface area contributed by atoms with Gasteiger partial charge in [0.1, 0.15) is 5.69 Å². The van der Waals surface area contributed by atoms with Gasteiger partial charge in [0.2, 0.25) is 0 Å². The Morgan fingerprint density at radius 3 is 2.62 bits per heavy atom. The lowest BCUT2D eigenvalue weighted by molar-refractivity contribution is 0.102. The number of anilines is 2. The summed E-state index contributed by atoms with van der Waals surface area (Å²) >= 11 is 3.40. The molecule has 21 heavy (non-hydrogen) atoms. The highest BCUT2D eigenvalue weighted by Crippen LogP contribution is 2.21. The second-order valence-corrected chi connectivity index (χ2v) is 6.00. The first-order chi connectivity index (χ1) is 10.1. The number of nitrogens with zero attached hydrogens (tertiary/aromatic N) is 1. The third kappa shape index (κ3) is 4.56. The topological polar surface area (TPSA) is 54.0 Å². The Labute approximate surface area is 133 Å². The number of amides is 1. The zero-order valence-electron chi connectivity index (χ0n) is 12.1. The predicted molar refractivity (Wildman–Crippen MR) is 89.7 cm³/mol. The van der Waals surface area contributed by atoms with Gasteiger partial charge in [-0.25, -0.2) is 4.98 Å². The molecule has 1 aromatic heterocycles. The Morgan fingerprint density at radius 2 is 2.00 bits per heavy atom. The summed E-state index contributed by atoms with van der Waals surface area (Å²) in [5.74, 6) is 0.334. The molecule has 2 N–H and O–H groups in total. The van der Waals surface area contributed by atoms with Gasteiger partial charge in [-0.3, -0.25) is 4.79 Å². The first-order valence-electron chi connectivity index (χ1n) is 6.82. The Kier molecular flexibility index (Phi) is 5.33. The molecule has 4 nitrogen and oxygen atoms in total. The Morgan fingerprint density at radius 1 is 1.24 bits per heavy atom. The first kappa shape index (κ1) is 15.5. The van der Waals surface area contributed by atoms with Crippen LogP contribution < -0.4 is 10.6 Å². The van der Waals surface area contributed by atoms with Gasteiger partial charge >= 0.3 is 0 Å². The minimum Gasteiger partial charge on any atom is -0.384 e. The number of carbonyl (C=O) groups excluding carboxylic acids is 1. The molecule has 5 heteroatoms.